The van der Waals surface area contributed by atoms with E-state index in [2.05, 4.69) is 10.6 Å². The molecular formula is C16H15FN2O3. The summed E-state index contributed by atoms with van der Waals surface area (Å²) in [4.78, 5) is 36.3. The van der Waals surface area contributed by atoms with Crippen molar-refractivity contribution in [2.75, 3.05) is 5.32 Å². The molecule has 22 heavy (non-hydrogen) atoms. The van der Waals surface area contributed by atoms with E-state index in [1.54, 1.807) is 12.1 Å². The Morgan fingerprint density at radius 2 is 2.05 bits per heavy atom. The Labute approximate surface area is 126 Å². The van der Waals surface area contributed by atoms with Crippen molar-refractivity contribution in [2.45, 2.75) is 19.3 Å². The first kappa shape index (κ1) is 14.4. The molecule has 1 aliphatic carbocycles. The number of benzene rings is 1. The zero-order valence-electron chi connectivity index (χ0n) is 11.8. The topological polar surface area (TPSA) is 75.3 Å². The highest BCUT2D eigenvalue weighted by Gasteiger charge is 2.42. The number of amides is 2. The van der Waals surface area contributed by atoms with E-state index in [4.69, 9.17) is 0 Å². The second-order valence-corrected chi connectivity index (χ2v) is 5.47. The number of fused-ring (bicyclic) bond motifs is 1. The molecule has 0 bridgehead atoms. The van der Waals surface area contributed by atoms with Crippen LogP contribution >= 0.6 is 0 Å². The van der Waals surface area contributed by atoms with Crippen LogP contribution in [0.15, 0.2) is 36.0 Å². The van der Waals surface area contributed by atoms with E-state index < -0.39 is 23.6 Å². The number of Topliss-reactive ketones (excluding diaryl/α,β-unsaturated/α-hetero) is 1. The first-order valence-corrected chi connectivity index (χ1v) is 7.14. The Hall–Kier alpha value is -2.50. The number of halogens is 1. The molecule has 2 atom stereocenters. The Kier molecular flexibility index (Phi) is 3.75. The number of rotatable bonds is 2. The highest BCUT2D eigenvalue weighted by Crippen LogP contribution is 2.33. The Balaban J connectivity index is 1.85. The van der Waals surface area contributed by atoms with Gasteiger partial charge in [-0.05, 0) is 18.6 Å². The third-order valence-electron chi connectivity index (χ3n) is 4.00. The van der Waals surface area contributed by atoms with E-state index in [0.29, 0.717) is 18.5 Å². The van der Waals surface area contributed by atoms with Crippen LogP contribution < -0.4 is 10.6 Å². The maximum Gasteiger partial charge on any atom is 0.229 e. The van der Waals surface area contributed by atoms with Gasteiger partial charge in [0.15, 0.2) is 0 Å². The molecule has 1 fully saturated rings. The normalized spacial score (nSPS) is 24.1. The highest BCUT2D eigenvalue weighted by molar-refractivity contribution is 6.02. The maximum atomic E-state index is 13.6. The van der Waals surface area contributed by atoms with E-state index in [-0.39, 0.29) is 23.8 Å². The Bertz CT molecular complexity index is 684. The lowest BCUT2D eigenvalue weighted by Crippen LogP contribution is -2.47. The molecule has 6 heteroatoms. The van der Waals surface area contributed by atoms with Crippen molar-refractivity contribution in [1.29, 1.82) is 0 Å². The third-order valence-corrected chi connectivity index (χ3v) is 4.00. The standard InChI is InChI=1S/C16H15FN2O3/c17-10-4-1-2-5-11(10)19-16(22)9-8-14(21)18-12-6-3-7-13(20)15(9)12/h1-2,4-6,9,15H,3,7-8H2,(H,18,21)(H,19,22)/t9-,15+/m0/s1. The number of piperidine rings is 1. The van der Waals surface area contributed by atoms with E-state index >= 15 is 0 Å². The summed E-state index contributed by atoms with van der Waals surface area (Å²) in [5.41, 5.74) is 0.549. The minimum absolute atomic E-state index is 0.0484. The number of para-hydroxylation sites is 1. The van der Waals surface area contributed by atoms with Crippen LogP contribution in [0.25, 0.3) is 0 Å². The van der Waals surface area contributed by atoms with Gasteiger partial charge in [-0.3, -0.25) is 14.4 Å². The lowest BCUT2D eigenvalue weighted by molar-refractivity contribution is -0.135. The second kappa shape index (κ2) is 5.71. The molecule has 1 saturated heterocycles. The van der Waals surface area contributed by atoms with E-state index in [1.165, 1.54) is 18.2 Å². The number of hydrogen-bond acceptors (Lipinski definition) is 3. The molecule has 3 rings (SSSR count). The molecule has 5 nitrogen and oxygen atoms in total. The van der Waals surface area contributed by atoms with Crippen molar-refractivity contribution in [2.24, 2.45) is 11.8 Å². The predicted octanol–water partition coefficient (Wildman–Crippen LogP) is 1.76. The van der Waals surface area contributed by atoms with Gasteiger partial charge in [-0.25, -0.2) is 4.39 Å². The third kappa shape index (κ3) is 2.64. The van der Waals surface area contributed by atoms with Crippen LogP contribution in [0.4, 0.5) is 10.1 Å². The molecule has 0 saturated carbocycles. The predicted molar refractivity (Wildman–Crippen MR) is 77.1 cm³/mol. The number of allylic oxidation sites excluding steroid dienone is 2. The minimum atomic E-state index is -0.799. The fourth-order valence-corrected chi connectivity index (χ4v) is 2.96. The molecule has 1 aromatic carbocycles. The van der Waals surface area contributed by atoms with Crippen molar-refractivity contribution in [1.82, 2.24) is 5.32 Å². The van der Waals surface area contributed by atoms with Crippen molar-refractivity contribution in [3.63, 3.8) is 0 Å². The van der Waals surface area contributed by atoms with Crippen LogP contribution in [0.1, 0.15) is 19.3 Å². The summed E-state index contributed by atoms with van der Waals surface area (Å²) in [6.45, 7) is 0. The Morgan fingerprint density at radius 3 is 2.82 bits per heavy atom. The zero-order chi connectivity index (χ0) is 15.7. The number of nitrogens with one attached hydrogen (secondary N) is 2. The number of hydrogen-bond donors (Lipinski definition) is 2. The molecule has 2 aliphatic rings. The van der Waals surface area contributed by atoms with Gasteiger partial charge in [-0.1, -0.05) is 18.2 Å². The quantitative estimate of drug-likeness (QED) is 0.874. The second-order valence-electron chi connectivity index (χ2n) is 5.47. The van der Waals surface area contributed by atoms with Crippen LogP contribution in [-0.2, 0) is 14.4 Å². The molecule has 0 aromatic heterocycles. The van der Waals surface area contributed by atoms with Gasteiger partial charge in [0.25, 0.3) is 0 Å². The molecule has 0 radical (unpaired) electrons. The van der Waals surface area contributed by atoms with Crippen LogP contribution in [0.2, 0.25) is 0 Å². The van der Waals surface area contributed by atoms with E-state index in [9.17, 15) is 18.8 Å². The summed E-state index contributed by atoms with van der Waals surface area (Å²) in [7, 11) is 0. The van der Waals surface area contributed by atoms with Crippen LogP contribution in [-0.4, -0.2) is 17.6 Å². The van der Waals surface area contributed by atoms with Crippen LogP contribution in [0, 0.1) is 17.7 Å². The van der Waals surface area contributed by atoms with E-state index in [1.807, 2.05) is 0 Å². The number of carbonyl (C=O) groups is 3. The SMILES string of the molecule is O=C1C[C@H](C(=O)Nc2ccccc2F)[C@H]2C(=O)CCC=C2N1. The van der Waals surface area contributed by atoms with Gasteiger partial charge in [0.05, 0.1) is 17.5 Å². The number of anilines is 1. The van der Waals surface area contributed by atoms with Gasteiger partial charge in [0.2, 0.25) is 11.8 Å². The van der Waals surface area contributed by atoms with Crippen molar-refractivity contribution >= 4 is 23.3 Å². The lowest BCUT2D eigenvalue weighted by atomic mass is 9.76. The van der Waals surface area contributed by atoms with E-state index in [0.717, 1.165) is 0 Å². The minimum Gasteiger partial charge on any atom is -0.329 e. The highest BCUT2D eigenvalue weighted by atomic mass is 19.1. The van der Waals surface area contributed by atoms with Crippen molar-refractivity contribution in [3.8, 4) is 0 Å². The summed E-state index contributed by atoms with van der Waals surface area (Å²) in [6.07, 6.45) is 2.63. The molecule has 0 spiro atoms. The fourth-order valence-electron chi connectivity index (χ4n) is 2.96. The van der Waals surface area contributed by atoms with Crippen molar-refractivity contribution < 1.29 is 18.8 Å². The monoisotopic (exact) mass is 302 g/mol. The number of ketones is 1. The first-order chi connectivity index (χ1) is 10.6. The Morgan fingerprint density at radius 1 is 1.27 bits per heavy atom. The maximum absolute atomic E-state index is 13.6. The van der Waals surface area contributed by atoms with Crippen molar-refractivity contribution in [3.05, 3.63) is 41.9 Å². The molecule has 2 amide bonds. The van der Waals surface area contributed by atoms with Crippen LogP contribution in [0.3, 0.4) is 0 Å². The molecule has 1 aromatic rings. The average Bonchev–Trinajstić information content (AvgIpc) is 2.48. The van der Waals surface area contributed by atoms with Gasteiger partial charge < -0.3 is 10.6 Å². The summed E-state index contributed by atoms with van der Waals surface area (Å²) in [6, 6.07) is 5.80. The number of carbonyl (C=O) groups excluding carboxylic acids is 3. The lowest BCUT2D eigenvalue weighted by Gasteiger charge is -2.34. The van der Waals surface area contributed by atoms with Gasteiger partial charge >= 0.3 is 0 Å². The zero-order valence-corrected chi connectivity index (χ0v) is 11.8. The molecule has 1 heterocycles. The van der Waals surface area contributed by atoms with Gasteiger partial charge in [0.1, 0.15) is 11.6 Å². The fraction of sp³-hybridized carbons (Fsp3) is 0.312. The largest absolute Gasteiger partial charge is 0.329 e. The van der Waals surface area contributed by atoms with Crippen LogP contribution in [0.5, 0.6) is 0 Å². The van der Waals surface area contributed by atoms with Gasteiger partial charge in [-0.2, -0.15) is 0 Å². The molecule has 2 N–H and O–H groups in total. The molecule has 0 unspecified atom stereocenters. The average molecular weight is 302 g/mol. The molecular weight excluding hydrogens is 287 g/mol. The summed E-state index contributed by atoms with van der Waals surface area (Å²) in [5.74, 6) is -2.87. The summed E-state index contributed by atoms with van der Waals surface area (Å²) >= 11 is 0. The van der Waals surface area contributed by atoms with Gasteiger partial charge in [0, 0.05) is 18.5 Å². The molecule has 1 aliphatic heterocycles. The smallest absolute Gasteiger partial charge is 0.229 e. The molecule has 114 valence electrons. The summed E-state index contributed by atoms with van der Waals surface area (Å²) in [5, 5.41) is 5.14. The summed E-state index contributed by atoms with van der Waals surface area (Å²) < 4.78 is 13.6. The van der Waals surface area contributed by atoms with Gasteiger partial charge in [-0.15, -0.1) is 0 Å². The first-order valence-electron chi connectivity index (χ1n) is 7.14.